The molecule has 0 aromatic carbocycles. The zero-order chi connectivity index (χ0) is 14.8. The first-order valence-corrected chi connectivity index (χ1v) is 8.88. The molecule has 0 amide bonds. The summed E-state index contributed by atoms with van der Waals surface area (Å²) in [6.07, 6.45) is 1.82. The molecule has 2 aliphatic rings. The van der Waals surface area contributed by atoms with Crippen molar-refractivity contribution >= 4 is 10.2 Å². The second-order valence-electron chi connectivity index (χ2n) is 5.98. The first kappa shape index (κ1) is 16.2. The number of nitrogens with one attached hydrogen (secondary N) is 1. The summed E-state index contributed by atoms with van der Waals surface area (Å²) < 4.78 is 34.2. The van der Waals surface area contributed by atoms with Crippen LogP contribution in [0.5, 0.6) is 0 Å². The van der Waals surface area contributed by atoms with Gasteiger partial charge in [0.15, 0.2) is 0 Å². The standard InChI is InChI=1S/C13H27N3O3S/c1-11-9-16(10-12(2)19-11)20(17,18)15-6-4-13(5-7-15)8-14-3/h11-14H,4-10H2,1-3H3/t11-,12+. The highest BCUT2D eigenvalue weighted by Gasteiger charge is 2.36. The summed E-state index contributed by atoms with van der Waals surface area (Å²) in [6, 6.07) is 0. The maximum absolute atomic E-state index is 12.7. The molecular formula is C13H27N3O3S. The predicted molar refractivity (Wildman–Crippen MR) is 78.7 cm³/mol. The maximum Gasteiger partial charge on any atom is 0.282 e. The fourth-order valence-electron chi connectivity index (χ4n) is 3.12. The van der Waals surface area contributed by atoms with Gasteiger partial charge in [0, 0.05) is 26.2 Å². The van der Waals surface area contributed by atoms with Crippen molar-refractivity contribution in [3.63, 3.8) is 0 Å². The van der Waals surface area contributed by atoms with Gasteiger partial charge in [-0.2, -0.15) is 17.0 Å². The van der Waals surface area contributed by atoms with Crippen LogP contribution < -0.4 is 5.32 Å². The second kappa shape index (κ2) is 6.70. The van der Waals surface area contributed by atoms with E-state index in [4.69, 9.17) is 4.74 Å². The summed E-state index contributed by atoms with van der Waals surface area (Å²) in [6.45, 7) is 7.02. The van der Waals surface area contributed by atoms with Gasteiger partial charge >= 0.3 is 0 Å². The van der Waals surface area contributed by atoms with Crippen LogP contribution in [0.25, 0.3) is 0 Å². The Morgan fingerprint density at radius 1 is 1.10 bits per heavy atom. The molecule has 0 bridgehead atoms. The van der Waals surface area contributed by atoms with Gasteiger partial charge in [0.25, 0.3) is 10.2 Å². The van der Waals surface area contributed by atoms with E-state index in [0.29, 0.717) is 32.1 Å². The van der Waals surface area contributed by atoms with Gasteiger partial charge in [-0.1, -0.05) is 0 Å². The van der Waals surface area contributed by atoms with Gasteiger partial charge in [-0.25, -0.2) is 0 Å². The third-order valence-corrected chi connectivity index (χ3v) is 6.07. The lowest BCUT2D eigenvalue weighted by Crippen LogP contribution is -2.54. The van der Waals surface area contributed by atoms with Crippen LogP contribution in [0.15, 0.2) is 0 Å². The minimum absolute atomic E-state index is 0.0321. The minimum atomic E-state index is -3.32. The quantitative estimate of drug-likeness (QED) is 0.810. The monoisotopic (exact) mass is 305 g/mol. The maximum atomic E-state index is 12.7. The van der Waals surface area contributed by atoms with E-state index in [1.807, 2.05) is 20.9 Å². The summed E-state index contributed by atoms with van der Waals surface area (Å²) in [7, 11) is -1.38. The second-order valence-corrected chi connectivity index (χ2v) is 7.91. The Bertz CT molecular complexity index is 397. The number of piperidine rings is 1. The molecule has 2 fully saturated rings. The van der Waals surface area contributed by atoms with Crippen LogP contribution in [0.3, 0.4) is 0 Å². The summed E-state index contributed by atoms with van der Waals surface area (Å²) in [5, 5.41) is 3.17. The fourth-order valence-corrected chi connectivity index (χ4v) is 4.91. The smallest absolute Gasteiger partial charge is 0.282 e. The Balaban J connectivity index is 1.97. The average molecular weight is 305 g/mol. The van der Waals surface area contributed by atoms with Crippen molar-refractivity contribution < 1.29 is 13.2 Å². The zero-order valence-corrected chi connectivity index (χ0v) is 13.5. The number of hydrogen-bond donors (Lipinski definition) is 1. The summed E-state index contributed by atoms with van der Waals surface area (Å²) >= 11 is 0. The molecule has 0 radical (unpaired) electrons. The van der Waals surface area contributed by atoms with Crippen molar-refractivity contribution in [2.75, 3.05) is 39.8 Å². The van der Waals surface area contributed by atoms with E-state index in [2.05, 4.69) is 5.32 Å². The van der Waals surface area contributed by atoms with E-state index < -0.39 is 10.2 Å². The van der Waals surface area contributed by atoms with Crippen molar-refractivity contribution in [1.29, 1.82) is 0 Å². The number of rotatable bonds is 4. The van der Waals surface area contributed by atoms with Crippen LogP contribution in [-0.4, -0.2) is 69.0 Å². The molecule has 2 rings (SSSR count). The molecule has 118 valence electrons. The highest BCUT2D eigenvalue weighted by molar-refractivity contribution is 7.86. The van der Waals surface area contributed by atoms with Crippen molar-refractivity contribution in [2.45, 2.75) is 38.9 Å². The van der Waals surface area contributed by atoms with Crippen molar-refractivity contribution in [3.05, 3.63) is 0 Å². The molecular weight excluding hydrogens is 278 g/mol. The lowest BCUT2D eigenvalue weighted by atomic mass is 9.98. The van der Waals surface area contributed by atoms with Crippen LogP contribution in [0.2, 0.25) is 0 Å². The minimum Gasteiger partial charge on any atom is -0.373 e. The van der Waals surface area contributed by atoms with Gasteiger partial charge in [0.1, 0.15) is 0 Å². The van der Waals surface area contributed by atoms with Crippen molar-refractivity contribution in [1.82, 2.24) is 13.9 Å². The molecule has 2 aliphatic heterocycles. The Labute approximate surface area is 122 Å². The highest BCUT2D eigenvalue weighted by Crippen LogP contribution is 2.23. The number of ether oxygens (including phenoxy) is 1. The average Bonchev–Trinajstić information content (AvgIpc) is 2.38. The van der Waals surface area contributed by atoms with Crippen LogP contribution in [0.4, 0.5) is 0 Å². The Morgan fingerprint density at radius 3 is 2.15 bits per heavy atom. The predicted octanol–water partition coefficient (Wildman–Crippen LogP) is 0.272. The molecule has 0 unspecified atom stereocenters. The van der Waals surface area contributed by atoms with Gasteiger partial charge in [0.05, 0.1) is 12.2 Å². The van der Waals surface area contributed by atoms with Crippen molar-refractivity contribution in [2.24, 2.45) is 5.92 Å². The van der Waals surface area contributed by atoms with Gasteiger partial charge in [-0.05, 0) is 46.2 Å². The van der Waals surface area contributed by atoms with E-state index in [1.165, 1.54) is 0 Å². The molecule has 0 saturated carbocycles. The lowest BCUT2D eigenvalue weighted by Gasteiger charge is -2.39. The number of nitrogens with zero attached hydrogens (tertiary/aromatic N) is 2. The van der Waals surface area contributed by atoms with Gasteiger partial charge in [-0.3, -0.25) is 0 Å². The SMILES string of the molecule is CNCC1CCN(S(=O)(=O)N2C[C@@H](C)O[C@@H](C)C2)CC1. The molecule has 7 heteroatoms. The third-order valence-electron chi connectivity index (χ3n) is 4.10. The fraction of sp³-hybridized carbons (Fsp3) is 1.00. The van der Waals surface area contributed by atoms with E-state index in [1.54, 1.807) is 8.61 Å². The van der Waals surface area contributed by atoms with Crippen LogP contribution in [0.1, 0.15) is 26.7 Å². The largest absolute Gasteiger partial charge is 0.373 e. The molecule has 0 spiro atoms. The molecule has 6 nitrogen and oxygen atoms in total. The molecule has 2 saturated heterocycles. The summed E-state index contributed by atoms with van der Waals surface area (Å²) in [4.78, 5) is 0. The molecule has 0 aliphatic carbocycles. The molecule has 2 atom stereocenters. The van der Waals surface area contributed by atoms with E-state index >= 15 is 0 Å². The number of morpholine rings is 1. The van der Waals surface area contributed by atoms with E-state index in [9.17, 15) is 8.42 Å². The first-order chi connectivity index (χ1) is 9.43. The Hall–Kier alpha value is -0.210. The van der Waals surface area contributed by atoms with Crippen LogP contribution in [-0.2, 0) is 14.9 Å². The summed E-state index contributed by atoms with van der Waals surface area (Å²) in [5.74, 6) is 0.592. The topological polar surface area (TPSA) is 61.9 Å². The Kier molecular flexibility index (Phi) is 5.42. The van der Waals surface area contributed by atoms with E-state index in [0.717, 1.165) is 19.4 Å². The third kappa shape index (κ3) is 3.71. The molecule has 0 aromatic heterocycles. The van der Waals surface area contributed by atoms with E-state index in [-0.39, 0.29) is 12.2 Å². The first-order valence-electron chi connectivity index (χ1n) is 7.48. The lowest BCUT2D eigenvalue weighted by molar-refractivity contribution is -0.0456. The van der Waals surface area contributed by atoms with Gasteiger partial charge in [-0.15, -0.1) is 0 Å². The molecule has 2 heterocycles. The van der Waals surface area contributed by atoms with Crippen molar-refractivity contribution in [3.8, 4) is 0 Å². The summed E-state index contributed by atoms with van der Waals surface area (Å²) in [5.41, 5.74) is 0. The van der Waals surface area contributed by atoms with Crippen LogP contribution >= 0.6 is 0 Å². The normalized spacial score (nSPS) is 31.6. The Morgan fingerprint density at radius 2 is 1.65 bits per heavy atom. The molecule has 0 aromatic rings. The molecule has 1 N–H and O–H groups in total. The zero-order valence-electron chi connectivity index (χ0n) is 12.7. The van der Waals surface area contributed by atoms with Gasteiger partial charge in [0.2, 0.25) is 0 Å². The number of hydrogen-bond acceptors (Lipinski definition) is 4. The van der Waals surface area contributed by atoms with Gasteiger partial charge < -0.3 is 10.1 Å². The highest BCUT2D eigenvalue weighted by atomic mass is 32.2. The molecule has 20 heavy (non-hydrogen) atoms. The van der Waals surface area contributed by atoms with Crippen LogP contribution in [0, 0.1) is 5.92 Å².